The monoisotopic (exact) mass is 209 g/mol. The van der Waals surface area contributed by atoms with E-state index in [0.29, 0.717) is 19.1 Å². The van der Waals surface area contributed by atoms with Crippen molar-refractivity contribution in [3.8, 4) is 5.88 Å². The number of hydrogen-bond acceptors (Lipinski definition) is 4. The van der Waals surface area contributed by atoms with Gasteiger partial charge in [0.1, 0.15) is 12.7 Å². The van der Waals surface area contributed by atoms with Crippen LogP contribution >= 0.6 is 0 Å². The average Bonchev–Trinajstić information content (AvgIpc) is 2.57. The Balaban J connectivity index is 1.80. The van der Waals surface area contributed by atoms with Gasteiger partial charge in [0.2, 0.25) is 5.88 Å². The molecule has 1 fully saturated rings. The van der Waals surface area contributed by atoms with Crippen LogP contribution in [0.2, 0.25) is 0 Å². The molecule has 4 heteroatoms. The van der Waals surface area contributed by atoms with Crippen molar-refractivity contribution < 1.29 is 14.2 Å². The molecule has 15 heavy (non-hydrogen) atoms. The molecule has 0 bridgehead atoms. The molecule has 1 atom stereocenters. The minimum Gasteiger partial charge on any atom is -0.475 e. The molecule has 2 rings (SSSR count). The van der Waals surface area contributed by atoms with Gasteiger partial charge in [-0.25, -0.2) is 4.98 Å². The first kappa shape index (κ1) is 10.4. The molecular formula is C11H15NO3. The second kappa shape index (κ2) is 4.16. The van der Waals surface area contributed by atoms with Crippen LogP contribution in [0.3, 0.4) is 0 Å². The summed E-state index contributed by atoms with van der Waals surface area (Å²) in [5, 5.41) is 0. The van der Waals surface area contributed by atoms with E-state index in [1.54, 1.807) is 6.20 Å². The predicted octanol–water partition coefficient (Wildman–Crippen LogP) is 1.61. The van der Waals surface area contributed by atoms with Crippen LogP contribution in [-0.2, 0) is 9.47 Å². The smallest absolute Gasteiger partial charge is 0.213 e. The van der Waals surface area contributed by atoms with Gasteiger partial charge in [-0.05, 0) is 19.9 Å². The Morgan fingerprint density at radius 3 is 3.00 bits per heavy atom. The van der Waals surface area contributed by atoms with Crippen LogP contribution in [0.4, 0.5) is 0 Å². The van der Waals surface area contributed by atoms with Crippen LogP contribution in [0.15, 0.2) is 24.4 Å². The molecular weight excluding hydrogens is 194 g/mol. The normalized spacial score (nSPS) is 24.0. The Hall–Kier alpha value is -1.13. The molecule has 1 aliphatic heterocycles. The highest BCUT2D eigenvalue weighted by atomic mass is 16.7. The van der Waals surface area contributed by atoms with E-state index in [1.165, 1.54) is 0 Å². The third-order valence-electron chi connectivity index (χ3n) is 2.12. The van der Waals surface area contributed by atoms with Crippen molar-refractivity contribution in [2.24, 2.45) is 0 Å². The molecule has 0 unspecified atom stereocenters. The van der Waals surface area contributed by atoms with Gasteiger partial charge in [0.25, 0.3) is 0 Å². The number of nitrogens with zero attached hydrogens (tertiary/aromatic N) is 1. The third kappa shape index (κ3) is 2.91. The Kier molecular flexibility index (Phi) is 2.88. The number of aromatic nitrogens is 1. The Labute approximate surface area is 89.2 Å². The van der Waals surface area contributed by atoms with Gasteiger partial charge in [0.15, 0.2) is 5.79 Å². The Bertz CT molecular complexity index is 313. The predicted molar refractivity (Wildman–Crippen MR) is 54.6 cm³/mol. The summed E-state index contributed by atoms with van der Waals surface area (Å²) < 4.78 is 16.5. The molecule has 4 nitrogen and oxygen atoms in total. The lowest BCUT2D eigenvalue weighted by Crippen LogP contribution is -2.25. The second-order valence-electron chi connectivity index (χ2n) is 3.93. The van der Waals surface area contributed by atoms with Gasteiger partial charge in [-0.1, -0.05) is 6.07 Å². The van der Waals surface area contributed by atoms with Crippen LogP contribution in [0.5, 0.6) is 5.88 Å². The van der Waals surface area contributed by atoms with Crippen molar-refractivity contribution in [2.75, 3.05) is 13.2 Å². The summed E-state index contributed by atoms with van der Waals surface area (Å²) in [5.74, 6) is 0.129. The molecule has 1 aromatic rings. The van der Waals surface area contributed by atoms with Crippen molar-refractivity contribution >= 4 is 0 Å². The van der Waals surface area contributed by atoms with Crippen molar-refractivity contribution in [1.29, 1.82) is 0 Å². The summed E-state index contributed by atoms with van der Waals surface area (Å²) in [7, 11) is 0. The van der Waals surface area contributed by atoms with E-state index in [1.807, 2.05) is 32.0 Å². The maximum absolute atomic E-state index is 5.60. The zero-order chi connectivity index (χ0) is 10.7. The Morgan fingerprint density at radius 2 is 2.40 bits per heavy atom. The van der Waals surface area contributed by atoms with Crippen molar-refractivity contribution in [2.45, 2.75) is 25.7 Å². The lowest BCUT2D eigenvalue weighted by molar-refractivity contribution is -0.141. The standard InChI is InChI=1S/C11H15NO3/c1-11(2)14-8-9(15-11)7-13-10-5-3-4-6-12-10/h3-6,9H,7-8H2,1-2H3/t9-/m1/s1. The zero-order valence-corrected chi connectivity index (χ0v) is 8.97. The molecule has 0 spiro atoms. The molecule has 1 saturated heterocycles. The molecule has 0 aromatic carbocycles. The minimum absolute atomic E-state index is 0.0120. The van der Waals surface area contributed by atoms with Gasteiger partial charge in [-0.2, -0.15) is 0 Å². The molecule has 1 aromatic heterocycles. The van der Waals surface area contributed by atoms with Gasteiger partial charge < -0.3 is 14.2 Å². The first-order chi connectivity index (χ1) is 7.16. The van der Waals surface area contributed by atoms with Gasteiger partial charge in [-0.15, -0.1) is 0 Å². The summed E-state index contributed by atoms with van der Waals surface area (Å²) in [6, 6.07) is 5.56. The first-order valence-electron chi connectivity index (χ1n) is 5.01. The highest BCUT2D eigenvalue weighted by molar-refractivity contribution is 5.09. The van der Waals surface area contributed by atoms with Crippen molar-refractivity contribution in [3.05, 3.63) is 24.4 Å². The van der Waals surface area contributed by atoms with Gasteiger partial charge in [-0.3, -0.25) is 0 Å². The summed E-state index contributed by atoms with van der Waals surface area (Å²) >= 11 is 0. The van der Waals surface area contributed by atoms with Gasteiger partial charge in [0.05, 0.1) is 6.61 Å². The SMILES string of the molecule is CC1(C)OC[C@@H](COc2ccccn2)O1. The van der Waals surface area contributed by atoms with Crippen molar-refractivity contribution in [1.82, 2.24) is 4.98 Å². The highest BCUT2D eigenvalue weighted by Gasteiger charge is 2.32. The maximum Gasteiger partial charge on any atom is 0.213 e. The fourth-order valence-corrected chi connectivity index (χ4v) is 1.46. The van der Waals surface area contributed by atoms with E-state index < -0.39 is 5.79 Å². The number of pyridine rings is 1. The van der Waals surface area contributed by atoms with E-state index in [-0.39, 0.29) is 6.10 Å². The number of rotatable bonds is 3. The summed E-state index contributed by atoms with van der Waals surface area (Å²) in [6.45, 7) is 4.84. The van der Waals surface area contributed by atoms with Crippen LogP contribution in [0.1, 0.15) is 13.8 Å². The topological polar surface area (TPSA) is 40.6 Å². The molecule has 0 aliphatic carbocycles. The zero-order valence-electron chi connectivity index (χ0n) is 8.97. The minimum atomic E-state index is -0.488. The van der Waals surface area contributed by atoms with E-state index in [0.717, 1.165) is 0 Å². The van der Waals surface area contributed by atoms with Gasteiger partial charge >= 0.3 is 0 Å². The molecule has 0 amide bonds. The second-order valence-corrected chi connectivity index (χ2v) is 3.93. The highest BCUT2D eigenvalue weighted by Crippen LogP contribution is 2.22. The number of hydrogen-bond donors (Lipinski definition) is 0. The Morgan fingerprint density at radius 1 is 1.53 bits per heavy atom. The van der Waals surface area contributed by atoms with Crippen LogP contribution in [0.25, 0.3) is 0 Å². The summed E-state index contributed by atoms with van der Waals surface area (Å²) in [6.07, 6.45) is 1.69. The van der Waals surface area contributed by atoms with Crippen LogP contribution in [-0.4, -0.2) is 30.1 Å². The largest absolute Gasteiger partial charge is 0.475 e. The quantitative estimate of drug-likeness (QED) is 0.758. The number of ether oxygens (including phenoxy) is 3. The first-order valence-corrected chi connectivity index (χ1v) is 5.01. The molecule has 0 saturated carbocycles. The maximum atomic E-state index is 5.60. The fourth-order valence-electron chi connectivity index (χ4n) is 1.46. The van der Waals surface area contributed by atoms with Crippen LogP contribution in [0, 0.1) is 0 Å². The van der Waals surface area contributed by atoms with E-state index >= 15 is 0 Å². The lowest BCUT2D eigenvalue weighted by Gasteiger charge is -2.17. The van der Waals surface area contributed by atoms with Gasteiger partial charge in [0, 0.05) is 12.3 Å². The molecule has 82 valence electrons. The fraction of sp³-hybridized carbons (Fsp3) is 0.545. The third-order valence-corrected chi connectivity index (χ3v) is 2.12. The lowest BCUT2D eigenvalue weighted by atomic mass is 10.4. The molecule has 0 N–H and O–H groups in total. The van der Waals surface area contributed by atoms with E-state index in [9.17, 15) is 0 Å². The van der Waals surface area contributed by atoms with E-state index in [2.05, 4.69) is 4.98 Å². The summed E-state index contributed by atoms with van der Waals surface area (Å²) in [4.78, 5) is 4.06. The van der Waals surface area contributed by atoms with E-state index in [4.69, 9.17) is 14.2 Å². The average molecular weight is 209 g/mol. The molecule has 2 heterocycles. The summed E-state index contributed by atoms with van der Waals surface area (Å²) in [5.41, 5.74) is 0. The molecule has 0 radical (unpaired) electrons. The van der Waals surface area contributed by atoms with Crippen LogP contribution < -0.4 is 4.74 Å². The molecule has 1 aliphatic rings. The van der Waals surface area contributed by atoms with Crippen molar-refractivity contribution in [3.63, 3.8) is 0 Å².